The lowest BCUT2D eigenvalue weighted by molar-refractivity contribution is -0.137. The summed E-state index contributed by atoms with van der Waals surface area (Å²) in [5, 5.41) is 28.4. The van der Waals surface area contributed by atoms with Gasteiger partial charge < -0.3 is 25.6 Å². The zero-order valence-corrected chi connectivity index (χ0v) is 20.6. The van der Waals surface area contributed by atoms with Crippen LogP contribution in [0.2, 0.25) is 0 Å². The monoisotopic (exact) mass is 534 g/mol. The smallest absolute Gasteiger partial charge is 0.324 e. The zero-order valence-electron chi connectivity index (χ0n) is 19.8. The summed E-state index contributed by atoms with van der Waals surface area (Å²) in [5.41, 5.74) is 0.671. The number of amides is 3. The molecular weight excluding hydrogens is 508 g/mol. The van der Waals surface area contributed by atoms with Gasteiger partial charge in [-0.3, -0.25) is 14.7 Å². The number of likely N-dealkylation sites (N-methyl/N-ethyl adjacent to an activating group) is 1. The Morgan fingerprint density at radius 1 is 1.03 bits per heavy atom. The first-order valence-corrected chi connectivity index (χ1v) is 12.8. The Morgan fingerprint density at radius 2 is 1.76 bits per heavy atom. The standard InChI is InChI=1S/C21H26N8O7S/c1-3-22-19(32)16-14(30)15(31)20(36-16)29-10-25-13-17(23-9-24-18(13)29)28-21(33)27-11-5-7-12(8-6-11)37(34,35)26-4-2/h5-10,14-16,20,26,30-31H,3-4H2,1-2H3,(H,22,32)(H2,23,24,27,28,33)/t14?,15-,16-,20+/m0/s1. The highest BCUT2D eigenvalue weighted by molar-refractivity contribution is 7.89. The first-order chi connectivity index (χ1) is 17.7. The lowest BCUT2D eigenvalue weighted by Crippen LogP contribution is -2.42. The molecule has 3 heterocycles. The predicted molar refractivity (Wildman–Crippen MR) is 130 cm³/mol. The lowest BCUT2D eigenvalue weighted by Gasteiger charge is -2.16. The maximum absolute atomic E-state index is 12.6. The molecule has 1 aliphatic rings. The first kappa shape index (κ1) is 26.4. The number of rotatable bonds is 8. The molecule has 1 saturated heterocycles. The van der Waals surface area contributed by atoms with Crippen molar-refractivity contribution in [3.63, 3.8) is 0 Å². The fourth-order valence-electron chi connectivity index (χ4n) is 3.77. The van der Waals surface area contributed by atoms with E-state index in [1.165, 1.54) is 35.2 Å². The fourth-order valence-corrected chi connectivity index (χ4v) is 4.81. The number of hydrogen-bond donors (Lipinski definition) is 6. The third-order valence-corrected chi connectivity index (χ3v) is 7.03. The number of anilines is 2. The normalized spacial score (nSPS) is 21.6. The van der Waals surface area contributed by atoms with Crippen LogP contribution in [0, 0.1) is 0 Å². The predicted octanol–water partition coefficient (Wildman–Crippen LogP) is -0.476. The summed E-state index contributed by atoms with van der Waals surface area (Å²) < 4.78 is 33.4. The number of benzene rings is 1. The van der Waals surface area contributed by atoms with Crippen molar-refractivity contribution in [2.75, 3.05) is 23.7 Å². The Bertz CT molecular complexity index is 1400. The van der Waals surface area contributed by atoms with Gasteiger partial charge in [0.05, 0.1) is 11.2 Å². The van der Waals surface area contributed by atoms with E-state index < -0.39 is 46.5 Å². The van der Waals surface area contributed by atoms with Crippen LogP contribution in [0.1, 0.15) is 20.1 Å². The van der Waals surface area contributed by atoms with Crippen LogP contribution in [0.5, 0.6) is 0 Å². The SMILES string of the molecule is CCNC(=O)[C@H]1O[C@@H](n2cnc3c(NC(=O)Nc4ccc(S(=O)(=O)NCC)cc4)ncnc32)[C@@H](O)C1O. The molecule has 0 bridgehead atoms. The van der Waals surface area contributed by atoms with E-state index in [0.717, 1.165) is 6.33 Å². The third-order valence-electron chi connectivity index (χ3n) is 5.47. The van der Waals surface area contributed by atoms with Crippen molar-refractivity contribution in [1.82, 2.24) is 29.6 Å². The molecule has 1 aliphatic heterocycles. The minimum absolute atomic E-state index is 0.0425. The number of fused-ring (bicyclic) bond motifs is 1. The molecule has 0 radical (unpaired) electrons. The number of aromatic nitrogens is 4. The summed E-state index contributed by atoms with van der Waals surface area (Å²) in [7, 11) is -3.62. The van der Waals surface area contributed by atoms with Gasteiger partial charge in [-0.25, -0.2) is 32.9 Å². The molecule has 2 aromatic heterocycles. The van der Waals surface area contributed by atoms with Crippen LogP contribution in [0.15, 0.2) is 41.8 Å². The number of aliphatic hydroxyl groups is 2. The van der Waals surface area contributed by atoms with Crippen molar-refractivity contribution in [2.45, 2.75) is 43.3 Å². The summed E-state index contributed by atoms with van der Waals surface area (Å²) in [6.45, 7) is 3.95. The molecule has 3 aromatic rings. The highest BCUT2D eigenvalue weighted by Gasteiger charge is 2.47. The van der Waals surface area contributed by atoms with Crippen molar-refractivity contribution in [3.8, 4) is 0 Å². The Hall–Kier alpha value is -3.70. The number of urea groups is 1. The number of imidazole rings is 1. The summed E-state index contributed by atoms with van der Waals surface area (Å²) in [5.74, 6) is -0.525. The largest absolute Gasteiger partial charge is 0.387 e. The second-order valence-corrected chi connectivity index (χ2v) is 9.74. The number of sulfonamides is 1. The van der Waals surface area contributed by atoms with Gasteiger partial charge in [0.1, 0.15) is 18.5 Å². The van der Waals surface area contributed by atoms with E-state index in [4.69, 9.17) is 4.74 Å². The van der Waals surface area contributed by atoms with E-state index >= 15 is 0 Å². The minimum Gasteiger partial charge on any atom is -0.387 e. The molecule has 16 heteroatoms. The molecule has 4 atom stereocenters. The third kappa shape index (κ3) is 5.37. The van der Waals surface area contributed by atoms with Crippen LogP contribution in [0.3, 0.4) is 0 Å². The topological polar surface area (TPSA) is 210 Å². The average molecular weight is 535 g/mol. The second-order valence-electron chi connectivity index (χ2n) is 7.97. The van der Waals surface area contributed by atoms with Gasteiger partial charge in [-0.05, 0) is 31.2 Å². The van der Waals surface area contributed by atoms with Crippen molar-refractivity contribution >= 4 is 44.6 Å². The highest BCUT2D eigenvalue weighted by atomic mass is 32.2. The van der Waals surface area contributed by atoms with Crippen LogP contribution in [0.4, 0.5) is 16.3 Å². The number of carbonyl (C=O) groups is 2. The van der Waals surface area contributed by atoms with Gasteiger partial charge in [0.2, 0.25) is 10.0 Å². The summed E-state index contributed by atoms with van der Waals surface area (Å²) in [6.07, 6.45) is -2.93. The fraction of sp³-hybridized carbons (Fsp3) is 0.381. The molecule has 0 spiro atoms. The molecule has 15 nitrogen and oxygen atoms in total. The van der Waals surface area contributed by atoms with Crippen molar-refractivity contribution < 1.29 is 33.0 Å². The summed E-state index contributed by atoms with van der Waals surface area (Å²) in [6, 6.07) is 4.90. The van der Waals surface area contributed by atoms with E-state index in [0.29, 0.717) is 12.2 Å². The molecule has 1 unspecified atom stereocenters. The first-order valence-electron chi connectivity index (χ1n) is 11.3. The molecule has 37 heavy (non-hydrogen) atoms. The van der Waals surface area contributed by atoms with E-state index in [1.54, 1.807) is 13.8 Å². The second kappa shape index (κ2) is 10.7. The molecular formula is C21H26N8O7S. The van der Waals surface area contributed by atoms with Gasteiger partial charge in [-0.15, -0.1) is 0 Å². The van der Waals surface area contributed by atoms with Crippen LogP contribution in [-0.4, -0.2) is 81.5 Å². The Morgan fingerprint density at radius 3 is 2.43 bits per heavy atom. The number of ether oxygens (including phenoxy) is 1. The average Bonchev–Trinajstić information content (AvgIpc) is 3.41. The van der Waals surface area contributed by atoms with Crippen LogP contribution >= 0.6 is 0 Å². The number of hydrogen-bond acceptors (Lipinski definition) is 10. The highest BCUT2D eigenvalue weighted by Crippen LogP contribution is 2.32. The van der Waals surface area contributed by atoms with Gasteiger partial charge in [0, 0.05) is 18.8 Å². The minimum atomic E-state index is -3.62. The van der Waals surface area contributed by atoms with Crippen LogP contribution in [0.25, 0.3) is 11.2 Å². The van der Waals surface area contributed by atoms with Crippen molar-refractivity contribution in [1.29, 1.82) is 0 Å². The molecule has 1 fully saturated rings. The van der Waals surface area contributed by atoms with E-state index in [-0.39, 0.29) is 28.4 Å². The van der Waals surface area contributed by atoms with Gasteiger partial charge >= 0.3 is 6.03 Å². The molecule has 0 aliphatic carbocycles. The number of nitrogens with zero attached hydrogens (tertiary/aromatic N) is 4. The van der Waals surface area contributed by atoms with E-state index in [2.05, 4.69) is 35.6 Å². The van der Waals surface area contributed by atoms with E-state index in [1.807, 2.05) is 0 Å². The van der Waals surface area contributed by atoms with Crippen LogP contribution < -0.4 is 20.7 Å². The molecule has 0 saturated carbocycles. The Balaban J connectivity index is 1.49. The zero-order chi connectivity index (χ0) is 26.7. The van der Waals surface area contributed by atoms with Crippen LogP contribution in [-0.2, 0) is 19.6 Å². The Kier molecular flexibility index (Phi) is 7.65. The molecule has 6 N–H and O–H groups in total. The number of nitrogens with one attached hydrogen (secondary N) is 4. The van der Waals surface area contributed by atoms with Gasteiger partial charge in [-0.2, -0.15) is 0 Å². The van der Waals surface area contributed by atoms with Crippen molar-refractivity contribution in [2.24, 2.45) is 0 Å². The Labute approximate surface area is 211 Å². The molecule has 4 rings (SSSR count). The maximum Gasteiger partial charge on any atom is 0.324 e. The molecule has 3 amide bonds. The van der Waals surface area contributed by atoms with Gasteiger partial charge in [-0.1, -0.05) is 6.92 Å². The van der Waals surface area contributed by atoms with Gasteiger partial charge in [0.15, 0.2) is 29.3 Å². The quantitative estimate of drug-likeness (QED) is 0.219. The maximum atomic E-state index is 12.6. The lowest BCUT2D eigenvalue weighted by atomic mass is 10.1. The summed E-state index contributed by atoms with van der Waals surface area (Å²) in [4.78, 5) is 37.1. The van der Waals surface area contributed by atoms with E-state index in [9.17, 15) is 28.2 Å². The van der Waals surface area contributed by atoms with Gasteiger partial charge in [0.25, 0.3) is 5.91 Å². The number of carbonyl (C=O) groups excluding carboxylic acids is 2. The molecule has 198 valence electrons. The summed E-state index contributed by atoms with van der Waals surface area (Å²) >= 11 is 0. The molecule has 1 aromatic carbocycles. The number of aliphatic hydroxyl groups excluding tert-OH is 2. The van der Waals surface area contributed by atoms with Crippen molar-refractivity contribution in [3.05, 3.63) is 36.9 Å².